The molecular formula is C14H17F2NO. The standard InChI is InChI=1S/C14H17F2NO/c1-10-5-7-17(8-6-10)9-11-13(18-2)4-3-12(15)14(11)16/h3-5H,6-9H2,1-2H3. The lowest BCUT2D eigenvalue weighted by atomic mass is 10.1. The highest BCUT2D eigenvalue weighted by Crippen LogP contribution is 2.26. The minimum Gasteiger partial charge on any atom is -0.496 e. The van der Waals surface area contributed by atoms with Crippen molar-refractivity contribution in [1.82, 2.24) is 4.90 Å². The lowest BCUT2D eigenvalue weighted by Crippen LogP contribution is -2.28. The number of hydrogen-bond acceptors (Lipinski definition) is 2. The zero-order chi connectivity index (χ0) is 13.1. The van der Waals surface area contributed by atoms with E-state index in [0.29, 0.717) is 17.9 Å². The SMILES string of the molecule is COc1ccc(F)c(F)c1CN1CC=C(C)CC1. The Balaban J connectivity index is 2.20. The van der Waals surface area contributed by atoms with Crippen LogP contribution in [0.4, 0.5) is 8.78 Å². The molecule has 0 amide bonds. The van der Waals surface area contributed by atoms with Crippen LogP contribution in [-0.4, -0.2) is 25.1 Å². The third-order valence-corrected chi connectivity index (χ3v) is 3.28. The molecule has 1 aromatic carbocycles. The molecule has 98 valence electrons. The molecule has 0 N–H and O–H groups in total. The monoisotopic (exact) mass is 253 g/mol. The quantitative estimate of drug-likeness (QED) is 0.767. The molecule has 0 saturated heterocycles. The number of methoxy groups -OCH3 is 1. The van der Waals surface area contributed by atoms with Gasteiger partial charge in [0.1, 0.15) is 5.75 Å². The van der Waals surface area contributed by atoms with Crippen LogP contribution in [0.2, 0.25) is 0 Å². The summed E-state index contributed by atoms with van der Waals surface area (Å²) in [5.41, 5.74) is 1.64. The molecular weight excluding hydrogens is 236 g/mol. The van der Waals surface area contributed by atoms with E-state index in [1.807, 2.05) is 0 Å². The van der Waals surface area contributed by atoms with E-state index in [2.05, 4.69) is 17.9 Å². The number of hydrogen-bond donors (Lipinski definition) is 0. The zero-order valence-electron chi connectivity index (χ0n) is 10.7. The van der Waals surface area contributed by atoms with Crippen LogP contribution in [0.15, 0.2) is 23.8 Å². The summed E-state index contributed by atoms with van der Waals surface area (Å²) in [5.74, 6) is -1.23. The molecule has 0 saturated carbocycles. The third kappa shape index (κ3) is 2.70. The summed E-state index contributed by atoms with van der Waals surface area (Å²) in [4.78, 5) is 2.08. The van der Waals surface area contributed by atoms with Crippen LogP contribution in [-0.2, 0) is 6.54 Å². The van der Waals surface area contributed by atoms with Gasteiger partial charge < -0.3 is 4.74 Å². The van der Waals surface area contributed by atoms with E-state index in [-0.39, 0.29) is 0 Å². The number of ether oxygens (including phenoxy) is 1. The second-order valence-electron chi connectivity index (χ2n) is 4.58. The average Bonchev–Trinajstić information content (AvgIpc) is 2.38. The molecule has 1 aromatic rings. The summed E-state index contributed by atoms with van der Waals surface area (Å²) in [5, 5.41) is 0. The fourth-order valence-corrected chi connectivity index (χ4v) is 2.09. The molecule has 0 aliphatic carbocycles. The molecule has 18 heavy (non-hydrogen) atoms. The van der Waals surface area contributed by atoms with Gasteiger partial charge in [-0.2, -0.15) is 0 Å². The Morgan fingerprint density at radius 2 is 2.11 bits per heavy atom. The summed E-state index contributed by atoms with van der Waals surface area (Å²) in [6.45, 7) is 4.09. The molecule has 2 rings (SSSR count). The summed E-state index contributed by atoms with van der Waals surface area (Å²) in [6.07, 6.45) is 3.09. The minimum atomic E-state index is -0.825. The highest BCUT2D eigenvalue weighted by Gasteiger charge is 2.18. The summed E-state index contributed by atoms with van der Waals surface area (Å²) in [7, 11) is 1.47. The molecule has 0 aromatic heterocycles. The maximum atomic E-state index is 13.8. The fraction of sp³-hybridized carbons (Fsp3) is 0.429. The first-order valence-corrected chi connectivity index (χ1v) is 6.00. The third-order valence-electron chi connectivity index (χ3n) is 3.28. The molecule has 1 heterocycles. The summed E-state index contributed by atoms with van der Waals surface area (Å²) in [6, 6.07) is 2.57. The second-order valence-corrected chi connectivity index (χ2v) is 4.58. The Bertz CT molecular complexity index is 471. The largest absolute Gasteiger partial charge is 0.496 e. The van der Waals surface area contributed by atoms with E-state index in [0.717, 1.165) is 25.6 Å². The smallest absolute Gasteiger partial charge is 0.167 e. The number of nitrogens with zero attached hydrogens (tertiary/aromatic N) is 1. The zero-order valence-corrected chi connectivity index (χ0v) is 10.7. The minimum absolute atomic E-state index is 0.297. The highest BCUT2D eigenvalue weighted by molar-refractivity contribution is 5.35. The fourth-order valence-electron chi connectivity index (χ4n) is 2.09. The van der Waals surface area contributed by atoms with Gasteiger partial charge in [0.25, 0.3) is 0 Å². The van der Waals surface area contributed by atoms with Crippen LogP contribution in [0.1, 0.15) is 18.9 Å². The Morgan fingerprint density at radius 3 is 2.72 bits per heavy atom. The van der Waals surface area contributed by atoms with Crippen molar-refractivity contribution in [2.24, 2.45) is 0 Å². The van der Waals surface area contributed by atoms with E-state index in [9.17, 15) is 8.78 Å². The highest BCUT2D eigenvalue weighted by atomic mass is 19.2. The number of halogens is 2. The molecule has 0 unspecified atom stereocenters. The van der Waals surface area contributed by atoms with Crippen molar-refractivity contribution in [3.05, 3.63) is 41.0 Å². The Morgan fingerprint density at radius 1 is 1.33 bits per heavy atom. The average molecular weight is 253 g/mol. The lowest BCUT2D eigenvalue weighted by Gasteiger charge is -2.26. The van der Waals surface area contributed by atoms with Crippen LogP contribution in [0.25, 0.3) is 0 Å². The maximum absolute atomic E-state index is 13.8. The molecule has 1 aliphatic heterocycles. The van der Waals surface area contributed by atoms with E-state index < -0.39 is 11.6 Å². The van der Waals surface area contributed by atoms with E-state index in [1.165, 1.54) is 18.7 Å². The Hall–Kier alpha value is -1.42. The van der Waals surface area contributed by atoms with Crippen molar-refractivity contribution in [1.29, 1.82) is 0 Å². The number of rotatable bonds is 3. The molecule has 0 bridgehead atoms. The molecule has 0 fully saturated rings. The van der Waals surface area contributed by atoms with Gasteiger partial charge in [0.05, 0.1) is 7.11 Å². The van der Waals surface area contributed by atoms with E-state index in [4.69, 9.17) is 4.74 Å². The van der Waals surface area contributed by atoms with Crippen molar-refractivity contribution in [2.45, 2.75) is 19.9 Å². The predicted molar refractivity (Wildman–Crippen MR) is 66.6 cm³/mol. The van der Waals surface area contributed by atoms with Crippen LogP contribution >= 0.6 is 0 Å². The molecule has 1 aliphatic rings. The lowest BCUT2D eigenvalue weighted by molar-refractivity contribution is 0.273. The van der Waals surface area contributed by atoms with Gasteiger partial charge in [-0.15, -0.1) is 0 Å². The van der Waals surface area contributed by atoms with E-state index in [1.54, 1.807) is 0 Å². The van der Waals surface area contributed by atoms with Crippen molar-refractivity contribution < 1.29 is 13.5 Å². The van der Waals surface area contributed by atoms with Gasteiger partial charge >= 0.3 is 0 Å². The van der Waals surface area contributed by atoms with Crippen molar-refractivity contribution in [3.8, 4) is 5.75 Å². The molecule has 0 radical (unpaired) electrons. The maximum Gasteiger partial charge on any atom is 0.167 e. The normalized spacial score (nSPS) is 16.6. The second kappa shape index (κ2) is 5.48. The molecule has 0 atom stereocenters. The van der Waals surface area contributed by atoms with Gasteiger partial charge in [-0.05, 0) is 25.5 Å². The van der Waals surface area contributed by atoms with Gasteiger partial charge in [-0.1, -0.05) is 11.6 Å². The van der Waals surface area contributed by atoms with Gasteiger partial charge in [0.15, 0.2) is 11.6 Å². The van der Waals surface area contributed by atoms with Crippen molar-refractivity contribution >= 4 is 0 Å². The van der Waals surface area contributed by atoms with Crippen molar-refractivity contribution in [2.75, 3.05) is 20.2 Å². The molecule has 2 nitrogen and oxygen atoms in total. The predicted octanol–water partition coefficient (Wildman–Crippen LogP) is 3.13. The molecule has 0 spiro atoms. The van der Waals surface area contributed by atoms with E-state index >= 15 is 0 Å². The van der Waals surface area contributed by atoms with Gasteiger partial charge in [0, 0.05) is 25.2 Å². The Labute approximate surface area is 106 Å². The van der Waals surface area contributed by atoms with Crippen LogP contribution in [0.3, 0.4) is 0 Å². The first-order valence-electron chi connectivity index (χ1n) is 6.00. The van der Waals surface area contributed by atoms with Crippen LogP contribution in [0, 0.1) is 11.6 Å². The number of benzene rings is 1. The van der Waals surface area contributed by atoms with Crippen molar-refractivity contribution in [3.63, 3.8) is 0 Å². The van der Waals surface area contributed by atoms with Crippen LogP contribution in [0.5, 0.6) is 5.75 Å². The Kier molecular flexibility index (Phi) is 3.97. The summed E-state index contributed by atoms with van der Waals surface area (Å²) >= 11 is 0. The summed E-state index contributed by atoms with van der Waals surface area (Å²) < 4.78 is 32.1. The van der Waals surface area contributed by atoms with Gasteiger partial charge in [0.2, 0.25) is 0 Å². The van der Waals surface area contributed by atoms with Gasteiger partial charge in [-0.25, -0.2) is 8.78 Å². The first-order chi connectivity index (χ1) is 8.61. The molecule has 4 heteroatoms. The first kappa shape index (κ1) is 13.0. The topological polar surface area (TPSA) is 12.5 Å². The van der Waals surface area contributed by atoms with Gasteiger partial charge in [-0.3, -0.25) is 4.90 Å². The van der Waals surface area contributed by atoms with Crippen LogP contribution < -0.4 is 4.74 Å².